The number of pyridine rings is 1. The van der Waals surface area contributed by atoms with Gasteiger partial charge in [0.15, 0.2) is 5.75 Å². The first-order valence-electron chi connectivity index (χ1n) is 8.70. The minimum absolute atomic E-state index is 0.150. The zero-order chi connectivity index (χ0) is 18.9. The Morgan fingerprint density at radius 2 is 1.89 bits per heavy atom. The van der Waals surface area contributed by atoms with Crippen molar-refractivity contribution in [3.8, 4) is 5.75 Å². The van der Waals surface area contributed by atoms with E-state index in [9.17, 15) is 13.2 Å². The quantitative estimate of drug-likeness (QED) is 0.491. The summed E-state index contributed by atoms with van der Waals surface area (Å²) in [6.07, 6.45) is 4.42. The fraction of sp³-hybridized carbons (Fsp3) is 0.263. The van der Waals surface area contributed by atoms with E-state index in [1.807, 2.05) is 18.2 Å². The summed E-state index contributed by atoms with van der Waals surface area (Å²) in [7, 11) is -3.56. The van der Waals surface area contributed by atoms with Crippen LogP contribution in [0.5, 0.6) is 5.75 Å². The average Bonchev–Trinajstić information content (AvgIpc) is 3.20. The van der Waals surface area contributed by atoms with Crippen molar-refractivity contribution in [2.75, 3.05) is 13.1 Å². The van der Waals surface area contributed by atoms with Crippen LogP contribution >= 0.6 is 11.3 Å². The molecule has 0 bridgehead atoms. The third-order valence-corrected chi connectivity index (χ3v) is 7.46. The van der Waals surface area contributed by atoms with Crippen LogP contribution in [0.4, 0.5) is 0 Å². The average molecular weight is 402 g/mol. The van der Waals surface area contributed by atoms with Gasteiger partial charge in [0.1, 0.15) is 10.4 Å². The number of rotatable bonds is 4. The second kappa shape index (κ2) is 7.38. The summed E-state index contributed by atoms with van der Waals surface area (Å²) in [5.41, 5.74) is 0.589. The number of benzene rings is 1. The molecule has 0 amide bonds. The number of aromatic nitrogens is 1. The lowest BCUT2D eigenvalue weighted by Crippen LogP contribution is -2.35. The van der Waals surface area contributed by atoms with E-state index in [-0.39, 0.29) is 9.77 Å². The summed E-state index contributed by atoms with van der Waals surface area (Å²) in [4.78, 5) is 17.2. The molecule has 1 aromatic carbocycles. The maximum atomic E-state index is 12.7. The molecule has 1 aliphatic rings. The van der Waals surface area contributed by atoms with E-state index in [1.54, 1.807) is 18.3 Å². The number of carbonyl (C=O) groups excluding carboxylic acids is 1. The Morgan fingerprint density at radius 3 is 2.70 bits per heavy atom. The highest BCUT2D eigenvalue weighted by atomic mass is 32.2. The van der Waals surface area contributed by atoms with Crippen molar-refractivity contribution in [2.45, 2.75) is 24.2 Å². The molecule has 1 aliphatic heterocycles. The SMILES string of the molecule is O=C(Oc1cccc2cccnc12)c1cc(S(=O)(=O)N2CCCCC2)cs1. The lowest BCUT2D eigenvalue weighted by Gasteiger charge is -2.25. The molecule has 0 aliphatic carbocycles. The van der Waals surface area contributed by atoms with Gasteiger partial charge >= 0.3 is 5.97 Å². The molecule has 0 atom stereocenters. The molecule has 0 spiro atoms. The van der Waals surface area contributed by atoms with Crippen LogP contribution in [0.1, 0.15) is 28.9 Å². The number of fused-ring (bicyclic) bond motifs is 1. The lowest BCUT2D eigenvalue weighted by atomic mass is 10.2. The standard InChI is InChI=1S/C19H18N2O4S2/c22-19(25-16-8-4-6-14-7-5-9-20-18(14)16)17-12-15(13-26-17)27(23,24)21-10-2-1-3-11-21/h4-9,12-13H,1-3,10-11H2. The van der Waals surface area contributed by atoms with Gasteiger partial charge in [0.05, 0.1) is 4.90 Å². The monoisotopic (exact) mass is 402 g/mol. The Balaban J connectivity index is 1.57. The highest BCUT2D eigenvalue weighted by Gasteiger charge is 2.28. The first-order chi connectivity index (χ1) is 13.1. The molecule has 8 heteroatoms. The van der Waals surface area contributed by atoms with Gasteiger partial charge in [-0.25, -0.2) is 13.2 Å². The molecule has 0 radical (unpaired) electrons. The minimum Gasteiger partial charge on any atom is -0.420 e. The highest BCUT2D eigenvalue weighted by molar-refractivity contribution is 7.89. The first-order valence-corrected chi connectivity index (χ1v) is 11.0. The number of piperidine rings is 1. The molecule has 27 heavy (non-hydrogen) atoms. The molecule has 1 saturated heterocycles. The van der Waals surface area contributed by atoms with Gasteiger partial charge in [0, 0.05) is 30.1 Å². The zero-order valence-corrected chi connectivity index (χ0v) is 16.1. The number of carbonyl (C=O) groups is 1. The van der Waals surface area contributed by atoms with E-state index < -0.39 is 16.0 Å². The van der Waals surface area contributed by atoms with Crippen LogP contribution < -0.4 is 4.74 Å². The fourth-order valence-corrected chi connectivity index (χ4v) is 5.78. The van der Waals surface area contributed by atoms with E-state index in [0.717, 1.165) is 36.0 Å². The predicted octanol–water partition coefficient (Wildman–Crippen LogP) is 3.69. The number of hydrogen-bond donors (Lipinski definition) is 0. The molecule has 4 rings (SSSR count). The molecule has 0 saturated carbocycles. The number of hydrogen-bond acceptors (Lipinski definition) is 6. The van der Waals surface area contributed by atoms with Crippen LogP contribution in [-0.4, -0.2) is 36.8 Å². The maximum absolute atomic E-state index is 12.7. The summed E-state index contributed by atoms with van der Waals surface area (Å²) in [6.45, 7) is 1.05. The largest absolute Gasteiger partial charge is 0.420 e. The van der Waals surface area contributed by atoms with Gasteiger partial charge in [-0.1, -0.05) is 24.6 Å². The first kappa shape index (κ1) is 18.1. The molecule has 2 aromatic heterocycles. The number of nitrogens with zero attached hydrogens (tertiary/aromatic N) is 2. The Labute approximate surface area is 161 Å². The van der Waals surface area contributed by atoms with Gasteiger partial charge in [0.25, 0.3) is 0 Å². The Kier molecular flexibility index (Phi) is 4.94. The van der Waals surface area contributed by atoms with E-state index in [4.69, 9.17) is 4.74 Å². The Hall–Kier alpha value is -2.29. The molecule has 3 heterocycles. The van der Waals surface area contributed by atoms with Gasteiger partial charge in [-0.3, -0.25) is 4.98 Å². The second-order valence-corrected chi connectivity index (χ2v) is 9.18. The number of ether oxygens (including phenoxy) is 1. The van der Waals surface area contributed by atoms with Crippen LogP contribution in [0.2, 0.25) is 0 Å². The minimum atomic E-state index is -3.56. The molecule has 6 nitrogen and oxygen atoms in total. The van der Waals surface area contributed by atoms with Crippen LogP contribution in [0.3, 0.4) is 0 Å². The van der Waals surface area contributed by atoms with E-state index in [0.29, 0.717) is 24.4 Å². The number of sulfonamides is 1. The molecule has 0 unspecified atom stereocenters. The summed E-state index contributed by atoms with van der Waals surface area (Å²) >= 11 is 1.07. The topological polar surface area (TPSA) is 76.6 Å². The van der Waals surface area contributed by atoms with Crippen molar-refractivity contribution in [1.82, 2.24) is 9.29 Å². The van der Waals surface area contributed by atoms with Crippen molar-refractivity contribution in [1.29, 1.82) is 0 Å². The third kappa shape index (κ3) is 3.60. The van der Waals surface area contributed by atoms with Gasteiger partial charge in [-0.05, 0) is 31.0 Å². The Morgan fingerprint density at radius 1 is 1.11 bits per heavy atom. The lowest BCUT2D eigenvalue weighted by molar-refractivity contribution is 0.0741. The number of para-hydroxylation sites is 1. The summed E-state index contributed by atoms with van der Waals surface area (Å²) in [5.74, 6) is -0.231. The van der Waals surface area contributed by atoms with E-state index in [1.165, 1.54) is 15.8 Å². The normalized spacial score (nSPS) is 15.7. The van der Waals surface area contributed by atoms with Crippen LogP contribution in [0, 0.1) is 0 Å². The predicted molar refractivity (Wildman–Crippen MR) is 104 cm³/mol. The second-order valence-electron chi connectivity index (χ2n) is 6.33. The van der Waals surface area contributed by atoms with Crippen LogP contribution in [0.15, 0.2) is 52.9 Å². The van der Waals surface area contributed by atoms with Gasteiger partial charge < -0.3 is 4.74 Å². The zero-order valence-electron chi connectivity index (χ0n) is 14.5. The van der Waals surface area contributed by atoms with Crippen LogP contribution in [-0.2, 0) is 10.0 Å². The van der Waals surface area contributed by atoms with Crippen molar-refractivity contribution in [3.05, 3.63) is 52.9 Å². The molecule has 1 fully saturated rings. The smallest absolute Gasteiger partial charge is 0.353 e. The fourth-order valence-electron chi connectivity index (χ4n) is 3.12. The van der Waals surface area contributed by atoms with Crippen molar-refractivity contribution in [2.24, 2.45) is 0 Å². The molecule has 3 aromatic rings. The summed E-state index contributed by atoms with van der Waals surface area (Å²) < 4.78 is 32.4. The summed E-state index contributed by atoms with van der Waals surface area (Å²) in [5, 5.41) is 2.37. The summed E-state index contributed by atoms with van der Waals surface area (Å²) in [6, 6.07) is 10.4. The van der Waals surface area contributed by atoms with Gasteiger partial charge in [-0.15, -0.1) is 11.3 Å². The third-order valence-electron chi connectivity index (χ3n) is 4.53. The maximum Gasteiger partial charge on any atom is 0.353 e. The van der Waals surface area contributed by atoms with E-state index in [2.05, 4.69) is 4.98 Å². The number of thiophene rings is 1. The van der Waals surface area contributed by atoms with Gasteiger partial charge in [-0.2, -0.15) is 4.31 Å². The highest BCUT2D eigenvalue weighted by Crippen LogP contribution is 2.28. The molecular weight excluding hydrogens is 384 g/mol. The van der Waals surface area contributed by atoms with Crippen molar-refractivity contribution in [3.63, 3.8) is 0 Å². The van der Waals surface area contributed by atoms with Crippen LogP contribution in [0.25, 0.3) is 10.9 Å². The molecule has 140 valence electrons. The Bertz CT molecular complexity index is 1080. The molecule has 0 N–H and O–H groups in total. The van der Waals surface area contributed by atoms with Crippen molar-refractivity contribution >= 4 is 38.2 Å². The van der Waals surface area contributed by atoms with Gasteiger partial charge in [0.2, 0.25) is 10.0 Å². The van der Waals surface area contributed by atoms with Crippen molar-refractivity contribution < 1.29 is 17.9 Å². The van der Waals surface area contributed by atoms with E-state index >= 15 is 0 Å². The number of esters is 1. The molecular formula is C19H18N2O4S2.